The predicted octanol–water partition coefficient (Wildman–Crippen LogP) is 3.12. The molecule has 1 aromatic carbocycles. The average molecular weight is 426 g/mol. The molecule has 0 fully saturated rings. The Morgan fingerprint density at radius 3 is 2.32 bits per heavy atom. The Bertz CT molecular complexity index is 677. The smallest absolute Gasteiger partial charge is 0.252 e. The molecule has 0 aliphatic heterocycles. The zero-order valence-corrected chi connectivity index (χ0v) is 15.8. The van der Waals surface area contributed by atoms with Crippen molar-refractivity contribution in [3.63, 3.8) is 0 Å². The first kappa shape index (κ1) is 19.6. The van der Waals surface area contributed by atoms with Crippen LogP contribution in [0.1, 0.15) is 5.56 Å². The highest BCUT2D eigenvalue weighted by molar-refractivity contribution is 9.11. The van der Waals surface area contributed by atoms with E-state index in [1.165, 1.54) is 15.6 Å². The Morgan fingerprint density at radius 2 is 1.77 bits per heavy atom. The maximum Gasteiger partial charge on any atom is 0.252 e. The number of thiophene rings is 1. The topological polar surface area (TPSA) is 63.4 Å². The summed E-state index contributed by atoms with van der Waals surface area (Å²) in [6, 6.07) is 13.2. The van der Waals surface area contributed by atoms with Crippen LogP contribution < -0.4 is 5.73 Å². The summed E-state index contributed by atoms with van der Waals surface area (Å²) >= 11 is 4.52. The normalized spacial score (nSPS) is 11.4. The molecule has 22 heavy (non-hydrogen) atoms. The number of nitrogens with zero attached hydrogens (tertiary/aromatic N) is 1. The van der Waals surface area contributed by atoms with Gasteiger partial charge in [-0.15, -0.1) is 23.7 Å². The molecule has 8 heteroatoms. The molecule has 0 aliphatic carbocycles. The minimum Gasteiger partial charge on any atom is -0.329 e. The molecule has 0 spiro atoms. The number of hydrogen-bond acceptors (Lipinski definition) is 4. The van der Waals surface area contributed by atoms with E-state index < -0.39 is 10.0 Å². The van der Waals surface area contributed by atoms with Gasteiger partial charge in [-0.2, -0.15) is 4.31 Å². The summed E-state index contributed by atoms with van der Waals surface area (Å²) < 4.78 is 27.8. The van der Waals surface area contributed by atoms with Gasteiger partial charge in [0.15, 0.2) is 0 Å². The first-order valence-electron chi connectivity index (χ1n) is 6.53. The zero-order chi connectivity index (χ0) is 15.3. The van der Waals surface area contributed by atoms with Gasteiger partial charge in [0, 0.05) is 19.6 Å². The number of hydrogen-bond donors (Lipinski definition) is 1. The minimum absolute atomic E-state index is 0. The molecule has 2 rings (SSSR count). The summed E-state index contributed by atoms with van der Waals surface area (Å²) in [6.45, 7) is 1.06. The van der Waals surface area contributed by atoms with Crippen molar-refractivity contribution < 1.29 is 8.42 Å². The summed E-state index contributed by atoms with van der Waals surface area (Å²) in [6.07, 6.45) is 0.673. The van der Waals surface area contributed by atoms with Crippen LogP contribution in [0.3, 0.4) is 0 Å². The molecule has 0 radical (unpaired) electrons. The van der Waals surface area contributed by atoms with Crippen LogP contribution in [0.5, 0.6) is 0 Å². The lowest BCUT2D eigenvalue weighted by Gasteiger charge is -2.20. The van der Waals surface area contributed by atoms with E-state index in [-0.39, 0.29) is 12.4 Å². The number of sulfonamides is 1. The van der Waals surface area contributed by atoms with Crippen LogP contribution in [0.15, 0.2) is 50.5 Å². The molecule has 2 N–H and O–H groups in total. The van der Waals surface area contributed by atoms with Crippen molar-refractivity contribution in [2.75, 3.05) is 19.6 Å². The van der Waals surface area contributed by atoms with Crippen molar-refractivity contribution in [2.24, 2.45) is 5.73 Å². The van der Waals surface area contributed by atoms with Gasteiger partial charge in [-0.25, -0.2) is 8.42 Å². The van der Waals surface area contributed by atoms with Crippen LogP contribution in [0.2, 0.25) is 0 Å². The first-order valence-corrected chi connectivity index (χ1v) is 9.58. The molecule has 122 valence electrons. The standard InChI is InChI=1S/C14H17BrN2O2S2.ClH/c15-13-6-7-14(20-13)21(18,19)17(11-9-16)10-8-12-4-2-1-3-5-12;/h1-7H,8-11,16H2;1H. The monoisotopic (exact) mass is 424 g/mol. The lowest BCUT2D eigenvalue weighted by atomic mass is 10.1. The lowest BCUT2D eigenvalue weighted by molar-refractivity contribution is 0.423. The van der Waals surface area contributed by atoms with E-state index >= 15 is 0 Å². The highest BCUT2D eigenvalue weighted by Gasteiger charge is 2.25. The van der Waals surface area contributed by atoms with Crippen LogP contribution in [0, 0.1) is 0 Å². The highest BCUT2D eigenvalue weighted by atomic mass is 79.9. The fraction of sp³-hybridized carbons (Fsp3) is 0.286. The molecule has 0 aliphatic rings. The van der Waals surface area contributed by atoms with Gasteiger partial charge in [-0.3, -0.25) is 0 Å². The third kappa shape index (κ3) is 5.04. The fourth-order valence-electron chi connectivity index (χ4n) is 1.96. The first-order chi connectivity index (χ1) is 10.0. The van der Waals surface area contributed by atoms with Crippen LogP contribution in [-0.2, 0) is 16.4 Å². The predicted molar refractivity (Wildman–Crippen MR) is 97.2 cm³/mol. The Kier molecular flexibility index (Phi) is 8.02. The third-order valence-corrected chi connectivity index (χ3v) is 7.00. The molecule has 0 saturated carbocycles. The van der Waals surface area contributed by atoms with Gasteiger partial charge in [0.1, 0.15) is 4.21 Å². The number of benzene rings is 1. The lowest BCUT2D eigenvalue weighted by Crippen LogP contribution is -2.36. The average Bonchev–Trinajstić information content (AvgIpc) is 2.92. The fourth-order valence-corrected chi connectivity index (χ4v) is 5.58. The van der Waals surface area contributed by atoms with Crippen molar-refractivity contribution in [2.45, 2.75) is 10.6 Å². The van der Waals surface area contributed by atoms with Crippen molar-refractivity contribution in [1.29, 1.82) is 0 Å². The summed E-state index contributed by atoms with van der Waals surface area (Å²) in [5.41, 5.74) is 6.68. The summed E-state index contributed by atoms with van der Waals surface area (Å²) in [7, 11) is -3.47. The second-order valence-corrected chi connectivity index (χ2v) is 9.11. The van der Waals surface area contributed by atoms with Gasteiger partial charge < -0.3 is 5.73 Å². The van der Waals surface area contributed by atoms with E-state index in [0.717, 1.165) is 9.35 Å². The molecular formula is C14H18BrClN2O2S2. The molecule has 0 saturated heterocycles. The second-order valence-electron chi connectivity index (χ2n) is 4.49. The van der Waals surface area contributed by atoms with Crippen molar-refractivity contribution in [1.82, 2.24) is 4.31 Å². The van der Waals surface area contributed by atoms with Crippen LogP contribution in [-0.4, -0.2) is 32.4 Å². The van der Waals surface area contributed by atoms with E-state index in [0.29, 0.717) is 30.3 Å². The number of rotatable bonds is 7. The maximum atomic E-state index is 12.6. The Hall–Kier alpha value is -0.440. The van der Waals surface area contributed by atoms with Crippen LogP contribution >= 0.6 is 39.7 Å². The van der Waals surface area contributed by atoms with Gasteiger partial charge in [0.25, 0.3) is 10.0 Å². The van der Waals surface area contributed by atoms with Crippen molar-refractivity contribution >= 4 is 49.7 Å². The van der Waals surface area contributed by atoms with E-state index in [1.54, 1.807) is 12.1 Å². The molecule has 1 heterocycles. The summed E-state index contributed by atoms with van der Waals surface area (Å²) in [5.74, 6) is 0. The third-order valence-electron chi connectivity index (χ3n) is 3.01. The SMILES string of the molecule is Cl.NCCN(CCc1ccccc1)S(=O)(=O)c1ccc(Br)s1. The van der Waals surface area contributed by atoms with E-state index in [1.807, 2.05) is 30.3 Å². The Morgan fingerprint density at radius 1 is 1.09 bits per heavy atom. The number of nitrogens with two attached hydrogens (primary N) is 1. The van der Waals surface area contributed by atoms with Gasteiger partial charge in [-0.05, 0) is 40.0 Å². The molecular weight excluding hydrogens is 408 g/mol. The molecule has 2 aromatic rings. The van der Waals surface area contributed by atoms with E-state index in [2.05, 4.69) is 15.9 Å². The van der Waals surface area contributed by atoms with E-state index in [4.69, 9.17) is 5.73 Å². The van der Waals surface area contributed by atoms with Crippen molar-refractivity contribution in [3.8, 4) is 0 Å². The maximum absolute atomic E-state index is 12.6. The molecule has 0 atom stereocenters. The largest absolute Gasteiger partial charge is 0.329 e. The van der Waals surface area contributed by atoms with Crippen LogP contribution in [0.4, 0.5) is 0 Å². The quantitative estimate of drug-likeness (QED) is 0.741. The van der Waals surface area contributed by atoms with Crippen molar-refractivity contribution in [3.05, 3.63) is 51.8 Å². The number of halogens is 2. The molecule has 1 aromatic heterocycles. The van der Waals surface area contributed by atoms with Gasteiger partial charge in [-0.1, -0.05) is 30.3 Å². The summed E-state index contributed by atoms with van der Waals surface area (Å²) in [4.78, 5) is 0. The molecule has 4 nitrogen and oxygen atoms in total. The van der Waals surface area contributed by atoms with Gasteiger partial charge in [0.2, 0.25) is 0 Å². The minimum atomic E-state index is -3.47. The highest BCUT2D eigenvalue weighted by Crippen LogP contribution is 2.28. The molecule has 0 unspecified atom stereocenters. The molecule has 0 amide bonds. The zero-order valence-electron chi connectivity index (χ0n) is 11.8. The van der Waals surface area contributed by atoms with E-state index in [9.17, 15) is 8.42 Å². The summed E-state index contributed by atoms with van der Waals surface area (Å²) in [5, 5.41) is 0. The van der Waals surface area contributed by atoms with Gasteiger partial charge in [0.05, 0.1) is 3.79 Å². The molecule has 0 bridgehead atoms. The second kappa shape index (κ2) is 9.00. The van der Waals surface area contributed by atoms with Gasteiger partial charge >= 0.3 is 0 Å². The Labute approximate surface area is 149 Å². The van der Waals surface area contributed by atoms with Crippen LogP contribution in [0.25, 0.3) is 0 Å². The Balaban J connectivity index is 0.00000242.